The summed E-state index contributed by atoms with van der Waals surface area (Å²) in [5.41, 5.74) is 2.80. The molecular formula is C18H19N3O2S. The van der Waals surface area contributed by atoms with E-state index in [0.717, 1.165) is 27.7 Å². The monoisotopic (exact) mass is 341 g/mol. The van der Waals surface area contributed by atoms with Crippen LogP contribution in [0.3, 0.4) is 0 Å². The molecule has 1 fully saturated rings. The Morgan fingerprint density at radius 1 is 1.46 bits per heavy atom. The molecule has 1 amide bonds. The fourth-order valence-corrected chi connectivity index (χ4v) is 3.88. The molecule has 4 rings (SSSR count). The summed E-state index contributed by atoms with van der Waals surface area (Å²) in [6.45, 7) is 0.426. The first-order valence-electron chi connectivity index (χ1n) is 8.14. The summed E-state index contributed by atoms with van der Waals surface area (Å²) in [5, 5.41) is 5.78. The highest BCUT2D eigenvalue weighted by atomic mass is 32.1. The number of aromatic nitrogens is 2. The Morgan fingerprint density at radius 3 is 3.04 bits per heavy atom. The lowest BCUT2D eigenvalue weighted by atomic mass is 9.81. The van der Waals surface area contributed by atoms with Gasteiger partial charge in [-0.25, -0.2) is 4.98 Å². The van der Waals surface area contributed by atoms with Crippen molar-refractivity contribution in [3.05, 3.63) is 53.0 Å². The molecule has 24 heavy (non-hydrogen) atoms. The van der Waals surface area contributed by atoms with E-state index in [2.05, 4.69) is 14.9 Å². The van der Waals surface area contributed by atoms with E-state index in [4.69, 9.17) is 4.42 Å². The molecule has 0 aliphatic heterocycles. The first kappa shape index (κ1) is 15.2. The zero-order valence-electron chi connectivity index (χ0n) is 13.5. The quantitative estimate of drug-likeness (QED) is 0.765. The number of carbonyl (C=O) groups is 1. The summed E-state index contributed by atoms with van der Waals surface area (Å²) >= 11 is 1.52. The molecule has 1 N–H and O–H groups in total. The molecule has 3 aromatic heterocycles. The minimum absolute atomic E-state index is 0.0231. The van der Waals surface area contributed by atoms with Crippen molar-refractivity contribution in [2.75, 3.05) is 0 Å². The fraction of sp³-hybridized carbons (Fsp3) is 0.333. The second-order valence-corrected chi connectivity index (χ2v) is 7.02. The minimum atomic E-state index is -0.0231. The van der Waals surface area contributed by atoms with Gasteiger partial charge < -0.3 is 14.3 Å². The van der Waals surface area contributed by atoms with Gasteiger partial charge >= 0.3 is 0 Å². The van der Waals surface area contributed by atoms with Gasteiger partial charge in [-0.3, -0.25) is 4.79 Å². The minimum Gasteiger partial charge on any atom is -0.462 e. The molecule has 1 aliphatic rings. The van der Waals surface area contributed by atoms with Crippen molar-refractivity contribution in [1.29, 1.82) is 0 Å². The van der Waals surface area contributed by atoms with E-state index in [-0.39, 0.29) is 5.91 Å². The first-order chi connectivity index (χ1) is 11.7. The zero-order chi connectivity index (χ0) is 16.5. The molecule has 5 nitrogen and oxygen atoms in total. The largest absolute Gasteiger partial charge is 0.462 e. The van der Waals surface area contributed by atoms with Crippen molar-refractivity contribution in [3.63, 3.8) is 0 Å². The Bertz CT molecular complexity index is 844. The second kappa shape index (κ2) is 6.28. The topological polar surface area (TPSA) is 60.1 Å². The van der Waals surface area contributed by atoms with Crippen LogP contribution < -0.4 is 5.32 Å². The molecule has 0 spiro atoms. The van der Waals surface area contributed by atoms with E-state index < -0.39 is 0 Å². The molecule has 0 unspecified atom stereocenters. The SMILES string of the molecule is Cn1ccc(C(=O)NCc2csc(-c3ccco3)n2)c1C1CCC1. The van der Waals surface area contributed by atoms with Crippen molar-refractivity contribution >= 4 is 17.2 Å². The number of carbonyl (C=O) groups excluding carboxylic acids is 1. The molecule has 6 heteroatoms. The molecular weight excluding hydrogens is 322 g/mol. The highest BCUT2D eigenvalue weighted by Crippen LogP contribution is 2.38. The van der Waals surface area contributed by atoms with Gasteiger partial charge in [0.25, 0.3) is 5.91 Å². The van der Waals surface area contributed by atoms with Crippen LogP contribution in [0.1, 0.15) is 46.9 Å². The number of hydrogen-bond donors (Lipinski definition) is 1. The van der Waals surface area contributed by atoms with Crippen molar-refractivity contribution in [1.82, 2.24) is 14.9 Å². The fourth-order valence-electron chi connectivity index (χ4n) is 3.09. The number of hydrogen-bond acceptors (Lipinski definition) is 4. The average Bonchev–Trinajstić information content (AvgIpc) is 3.24. The Balaban J connectivity index is 1.44. The molecule has 124 valence electrons. The van der Waals surface area contributed by atoms with Crippen LogP contribution in [0.4, 0.5) is 0 Å². The maximum Gasteiger partial charge on any atom is 0.253 e. The molecule has 0 bridgehead atoms. The van der Waals surface area contributed by atoms with Crippen molar-refractivity contribution in [3.8, 4) is 10.8 Å². The normalized spacial score (nSPS) is 14.5. The molecule has 1 saturated carbocycles. The van der Waals surface area contributed by atoms with Gasteiger partial charge in [-0.2, -0.15) is 0 Å². The van der Waals surface area contributed by atoms with Gasteiger partial charge in [0, 0.05) is 24.3 Å². The van der Waals surface area contributed by atoms with Gasteiger partial charge in [0.15, 0.2) is 10.8 Å². The van der Waals surface area contributed by atoms with E-state index in [9.17, 15) is 4.79 Å². The van der Waals surface area contributed by atoms with Crippen LogP contribution in [0.2, 0.25) is 0 Å². The van der Waals surface area contributed by atoms with Gasteiger partial charge in [0.2, 0.25) is 0 Å². The lowest BCUT2D eigenvalue weighted by Crippen LogP contribution is -2.25. The van der Waals surface area contributed by atoms with Gasteiger partial charge in [-0.1, -0.05) is 6.42 Å². The average molecular weight is 341 g/mol. The maximum atomic E-state index is 12.6. The van der Waals surface area contributed by atoms with Gasteiger partial charge in [-0.15, -0.1) is 11.3 Å². The van der Waals surface area contributed by atoms with Crippen LogP contribution in [0.5, 0.6) is 0 Å². The third-order valence-corrected chi connectivity index (χ3v) is 5.48. The zero-order valence-corrected chi connectivity index (χ0v) is 14.3. The summed E-state index contributed by atoms with van der Waals surface area (Å²) in [4.78, 5) is 17.1. The number of nitrogens with one attached hydrogen (secondary N) is 1. The highest BCUT2D eigenvalue weighted by Gasteiger charge is 2.27. The Kier molecular flexibility index (Phi) is 3.98. The molecule has 0 saturated heterocycles. The van der Waals surface area contributed by atoms with Crippen LogP contribution in [-0.2, 0) is 13.6 Å². The number of thiazole rings is 1. The van der Waals surface area contributed by atoms with Gasteiger partial charge in [0.1, 0.15) is 0 Å². The van der Waals surface area contributed by atoms with Crippen LogP contribution in [0.25, 0.3) is 10.8 Å². The smallest absolute Gasteiger partial charge is 0.253 e. The van der Waals surface area contributed by atoms with Gasteiger partial charge in [0.05, 0.1) is 24.1 Å². The molecule has 0 radical (unpaired) electrons. The molecule has 3 heterocycles. The summed E-state index contributed by atoms with van der Waals surface area (Å²) in [6.07, 6.45) is 7.22. The number of nitrogens with zero attached hydrogens (tertiary/aromatic N) is 2. The van der Waals surface area contributed by atoms with Crippen molar-refractivity contribution in [2.45, 2.75) is 31.7 Å². The molecule has 0 aromatic carbocycles. The van der Waals surface area contributed by atoms with Crippen LogP contribution in [0, 0.1) is 0 Å². The lowest BCUT2D eigenvalue weighted by Gasteiger charge is -2.27. The summed E-state index contributed by atoms with van der Waals surface area (Å²) in [6, 6.07) is 5.64. The van der Waals surface area contributed by atoms with E-state index in [1.54, 1.807) is 6.26 Å². The molecule has 3 aromatic rings. The third-order valence-electron chi connectivity index (χ3n) is 4.57. The number of aryl methyl sites for hydroxylation is 1. The highest BCUT2D eigenvalue weighted by molar-refractivity contribution is 7.13. The summed E-state index contributed by atoms with van der Waals surface area (Å²) < 4.78 is 7.43. The molecule has 0 atom stereocenters. The van der Waals surface area contributed by atoms with Crippen LogP contribution in [-0.4, -0.2) is 15.5 Å². The predicted molar refractivity (Wildman–Crippen MR) is 93.0 cm³/mol. The summed E-state index contributed by atoms with van der Waals surface area (Å²) in [5.74, 6) is 1.26. The standard InChI is InChI=1S/C18H19N3O2S/c1-21-8-7-14(16(21)12-4-2-5-12)17(22)19-10-13-11-24-18(20-13)15-6-3-9-23-15/h3,6-9,11-12H,2,4-5,10H2,1H3,(H,19,22). The van der Waals surface area contributed by atoms with Crippen LogP contribution in [0.15, 0.2) is 40.5 Å². The Morgan fingerprint density at radius 2 is 2.33 bits per heavy atom. The van der Waals surface area contributed by atoms with E-state index in [1.807, 2.05) is 36.8 Å². The van der Waals surface area contributed by atoms with E-state index in [1.165, 1.54) is 30.6 Å². The Hall–Kier alpha value is -2.34. The number of furan rings is 1. The maximum absolute atomic E-state index is 12.6. The third kappa shape index (κ3) is 2.78. The first-order valence-corrected chi connectivity index (χ1v) is 9.02. The van der Waals surface area contributed by atoms with E-state index >= 15 is 0 Å². The predicted octanol–water partition coefficient (Wildman–Crippen LogP) is 3.94. The molecule has 1 aliphatic carbocycles. The number of rotatable bonds is 5. The Labute approximate surface area is 144 Å². The van der Waals surface area contributed by atoms with Crippen molar-refractivity contribution < 1.29 is 9.21 Å². The second-order valence-electron chi connectivity index (χ2n) is 6.16. The van der Waals surface area contributed by atoms with Crippen LogP contribution >= 0.6 is 11.3 Å². The summed E-state index contributed by atoms with van der Waals surface area (Å²) in [7, 11) is 2.01. The van der Waals surface area contributed by atoms with Crippen molar-refractivity contribution in [2.24, 2.45) is 7.05 Å². The van der Waals surface area contributed by atoms with E-state index in [0.29, 0.717) is 12.5 Å². The van der Waals surface area contributed by atoms with Gasteiger partial charge in [-0.05, 0) is 37.0 Å². The lowest BCUT2D eigenvalue weighted by molar-refractivity contribution is 0.0948. The number of amides is 1.